The van der Waals surface area contributed by atoms with Gasteiger partial charge in [0, 0.05) is 52.6 Å². The lowest BCUT2D eigenvalue weighted by atomic mass is 9.97. The van der Waals surface area contributed by atoms with E-state index in [9.17, 15) is 9.59 Å². The van der Waals surface area contributed by atoms with Crippen LogP contribution in [0.3, 0.4) is 0 Å². The second-order valence-electron chi connectivity index (χ2n) is 9.04. The quantitative estimate of drug-likeness (QED) is 0.481. The molecular formula is C28H28ClN3O3. The van der Waals surface area contributed by atoms with Crippen molar-refractivity contribution < 1.29 is 14.0 Å². The van der Waals surface area contributed by atoms with E-state index in [0.29, 0.717) is 34.1 Å². The molecule has 0 saturated carbocycles. The van der Waals surface area contributed by atoms with Crippen LogP contribution in [0.2, 0.25) is 5.02 Å². The second kappa shape index (κ2) is 9.72. The minimum absolute atomic E-state index is 0.0430. The third-order valence-electron chi connectivity index (χ3n) is 6.69. The van der Waals surface area contributed by atoms with Crippen molar-refractivity contribution in [2.75, 3.05) is 38.5 Å². The second-order valence-corrected chi connectivity index (χ2v) is 9.48. The zero-order valence-corrected chi connectivity index (χ0v) is 20.7. The highest BCUT2D eigenvalue weighted by molar-refractivity contribution is 6.38. The van der Waals surface area contributed by atoms with Gasteiger partial charge in [0.25, 0.3) is 11.8 Å². The molecule has 1 fully saturated rings. The van der Waals surface area contributed by atoms with Gasteiger partial charge in [-0.3, -0.25) is 9.59 Å². The van der Waals surface area contributed by atoms with Gasteiger partial charge in [0.05, 0.1) is 5.57 Å². The third kappa shape index (κ3) is 4.64. The van der Waals surface area contributed by atoms with Gasteiger partial charge in [-0.05, 0) is 68.9 Å². The van der Waals surface area contributed by atoms with Crippen molar-refractivity contribution in [3.63, 3.8) is 0 Å². The molecule has 1 saturated heterocycles. The van der Waals surface area contributed by atoms with Gasteiger partial charge in [-0.15, -0.1) is 0 Å². The van der Waals surface area contributed by atoms with Gasteiger partial charge in [-0.1, -0.05) is 30.7 Å². The summed E-state index contributed by atoms with van der Waals surface area (Å²) >= 11 is 6.21. The fraction of sp³-hybridized carbons (Fsp3) is 0.286. The van der Waals surface area contributed by atoms with E-state index in [1.807, 2.05) is 54.3 Å². The first-order chi connectivity index (χ1) is 16.9. The minimum atomic E-state index is -0.159. The monoisotopic (exact) mass is 489 g/mol. The molecule has 7 heteroatoms. The SMILES string of the molecule is CCC(=C1C(=O)Nc2ccc(Cl)cc21)c1ccc(-c2cccc(C(=O)N3CCCN(C)CC3)c2)o1. The van der Waals surface area contributed by atoms with Crippen LogP contribution in [-0.2, 0) is 4.79 Å². The number of allylic oxidation sites excluding steroid dienone is 1. The van der Waals surface area contributed by atoms with Gasteiger partial charge in [0.1, 0.15) is 11.5 Å². The molecule has 0 aliphatic carbocycles. The smallest absolute Gasteiger partial charge is 0.256 e. The number of furan rings is 1. The molecular weight excluding hydrogens is 462 g/mol. The molecule has 2 aromatic carbocycles. The first kappa shape index (κ1) is 23.4. The molecule has 2 amide bonds. The first-order valence-corrected chi connectivity index (χ1v) is 12.3. The van der Waals surface area contributed by atoms with E-state index in [4.69, 9.17) is 16.0 Å². The molecule has 1 N–H and O–H groups in total. The van der Waals surface area contributed by atoms with Gasteiger partial charge in [0.15, 0.2) is 0 Å². The van der Waals surface area contributed by atoms with Crippen molar-refractivity contribution >= 4 is 40.2 Å². The fourth-order valence-electron chi connectivity index (χ4n) is 4.81. The number of likely N-dealkylation sites (N-methyl/N-ethyl adjacent to an activating group) is 1. The summed E-state index contributed by atoms with van der Waals surface area (Å²) in [6.07, 6.45) is 1.59. The molecule has 35 heavy (non-hydrogen) atoms. The lowest BCUT2D eigenvalue weighted by Crippen LogP contribution is -2.34. The number of halogens is 1. The Morgan fingerprint density at radius 1 is 1.06 bits per heavy atom. The molecule has 0 radical (unpaired) electrons. The molecule has 0 unspecified atom stereocenters. The van der Waals surface area contributed by atoms with Gasteiger partial charge in [-0.2, -0.15) is 0 Å². The van der Waals surface area contributed by atoms with Crippen LogP contribution < -0.4 is 5.32 Å². The number of anilines is 1. The number of carbonyl (C=O) groups excluding carboxylic acids is 2. The molecule has 3 heterocycles. The van der Waals surface area contributed by atoms with E-state index in [-0.39, 0.29) is 11.8 Å². The molecule has 6 nitrogen and oxygen atoms in total. The molecule has 5 rings (SSSR count). The highest BCUT2D eigenvalue weighted by Gasteiger charge is 2.29. The standard InChI is InChI=1S/C28H28ClN3O3/c1-3-21(26-22-17-20(29)8-9-23(22)30-27(26)33)25-11-10-24(35-25)18-6-4-7-19(16-18)28(34)32-13-5-12-31(2)14-15-32/h4,6-11,16-17H,3,5,12-15H2,1-2H3,(H,30,33). The van der Waals surface area contributed by atoms with E-state index in [2.05, 4.69) is 17.3 Å². The summed E-state index contributed by atoms with van der Waals surface area (Å²) in [5.41, 5.74) is 4.41. The average Bonchev–Trinajstić information content (AvgIpc) is 3.39. The lowest BCUT2D eigenvalue weighted by Gasteiger charge is -2.20. The summed E-state index contributed by atoms with van der Waals surface area (Å²) in [6, 6.07) is 16.7. The maximum atomic E-state index is 13.2. The number of rotatable bonds is 4. The summed E-state index contributed by atoms with van der Waals surface area (Å²) in [5.74, 6) is 1.17. The number of hydrogen-bond donors (Lipinski definition) is 1. The lowest BCUT2D eigenvalue weighted by molar-refractivity contribution is -0.110. The number of nitrogens with zero attached hydrogens (tertiary/aromatic N) is 2. The van der Waals surface area contributed by atoms with Gasteiger partial charge < -0.3 is 19.5 Å². The van der Waals surface area contributed by atoms with E-state index in [0.717, 1.165) is 55.0 Å². The van der Waals surface area contributed by atoms with Gasteiger partial charge >= 0.3 is 0 Å². The van der Waals surface area contributed by atoms with Gasteiger partial charge in [0.2, 0.25) is 0 Å². The van der Waals surface area contributed by atoms with Crippen LogP contribution >= 0.6 is 11.6 Å². The maximum absolute atomic E-state index is 13.2. The molecule has 0 spiro atoms. The summed E-state index contributed by atoms with van der Waals surface area (Å²) in [4.78, 5) is 30.2. The Hall–Kier alpha value is -3.35. The Morgan fingerprint density at radius 3 is 2.74 bits per heavy atom. The van der Waals surface area contributed by atoms with Gasteiger partial charge in [-0.25, -0.2) is 0 Å². The summed E-state index contributed by atoms with van der Waals surface area (Å²) in [5, 5.41) is 3.49. The molecule has 0 atom stereocenters. The molecule has 2 aliphatic rings. The number of nitrogens with one attached hydrogen (secondary N) is 1. The van der Waals surface area contributed by atoms with Crippen LogP contribution in [0.25, 0.3) is 22.5 Å². The van der Waals surface area contributed by atoms with E-state index in [1.165, 1.54) is 0 Å². The zero-order valence-electron chi connectivity index (χ0n) is 19.9. The Kier molecular flexibility index (Phi) is 6.50. The van der Waals surface area contributed by atoms with Crippen LogP contribution in [0, 0.1) is 0 Å². The summed E-state index contributed by atoms with van der Waals surface area (Å²) in [7, 11) is 2.09. The topological polar surface area (TPSA) is 65.8 Å². The molecule has 180 valence electrons. The van der Waals surface area contributed by atoms with Crippen LogP contribution in [-0.4, -0.2) is 54.8 Å². The largest absolute Gasteiger partial charge is 0.456 e. The number of hydrogen-bond acceptors (Lipinski definition) is 4. The highest BCUT2D eigenvalue weighted by Crippen LogP contribution is 2.40. The minimum Gasteiger partial charge on any atom is -0.456 e. The third-order valence-corrected chi connectivity index (χ3v) is 6.92. The predicted octanol–water partition coefficient (Wildman–Crippen LogP) is 5.65. The van der Waals surface area contributed by atoms with E-state index in [1.54, 1.807) is 12.1 Å². The predicted molar refractivity (Wildman–Crippen MR) is 139 cm³/mol. The van der Waals surface area contributed by atoms with Crippen molar-refractivity contribution in [1.82, 2.24) is 9.80 Å². The van der Waals surface area contributed by atoms with Crippen molar-refractivity contribution in [1.29, 1.82) is 0 Å². The van der Waals surface area contributed by atoms with Crippen LogP contribution in [0.15, 0.2) is 59.0 Å². The Bertz CT molecular complexity index is 1330. The maximum Gasteiger partial charge on any atom is 0.256 e. The molecule has 0 bridgehead atoms. The number of fused-ring (bicyclic) bond motifs is 1. The van der Waals surface area contributed by atoms with Crippen LogP contribution in [0.1, 0.15) is 41.4 Å². The highest BCUT2D eigenvalue weighted by atomic mass is 35.5. The Morgan fingerprint density at radius 2 is 1.91 bits per heavy atom. The van der Waals surface area contributed by atoms with Crippen molar-refractivity contribution in [3.05, 3.63) is 76.5 Å². The number of amides is 2. The summed E-state index contributed by atoms with van der Waals surface area (Å²) < 4.78 is 6.24. The first-order valence-electron chi connectivity index (χ1n) is 12.0. The molecule has 2 aliphatic heterocycles. The number of benzene rings is 2. The van der Waals surface area contributed by atoms with Crippen LogP contribution in [0.4, 0.5) is 5.69 Å². The molecule has 1 aromatic heterocycles. The average molecular weight is 490 g/mol. The Labute approximate surface area is 210 Å². The molecule has 3 aromatic rings. The van der Waals surface area contributed by atoms with Crippen molar-refractivity contribution in [2.24, 2.45) is 0 Å². The number of carbonyl (C=O) groups is 2. The normalized spacial score (nSPS) is 17.7. The van der Waals surface area contributed by atoms with E-state index >= 15 is 0 Å². The fourth-order valence-corrected chi connectivity index (χ4v) is 4.98. The zero-order chi connectivity index (χ0) is 24.5. The van der Waals surface area contributed by atoms with E-state index < -0.39 is 0 Å². The summed E-state index contributed by atoms with van der Waals surface area (Å²) in [6.45, 7) is 5.37. The van der Waals surface area contributed by atoms with Crippen molar-refractivity contribution in [2.45, 2.75) is 19.8 Å². The van der Waals surface area contributed by atoms with Crippen molar-refractivity contribution in [3.8, 4) is 11.3 Å². The Balaban J connectivity index is 1.45. The van der Waals surface area contributed by atoms with Crippen LogP contribution in [0.5, 0.6) is 0 Å².